The van der Waals surface area contributed by atoms with Gasteiger partial charge in [-0.25, -0.2) is 19.8 Å². The minimum Gasteiger partial charge on any atom is -0.495 e. The zero-order chi connectivity index (χ0) is 30.3. The van der Waals surface area contributed by atoms with Gasteiger partial charge in [0.05, 0.1) is 49.5 Å². The first kappa shape index (κ1) is 27.2. The molecule has 4 amide bonds. The van der Waals surface area contributed by atoms with E-state index in [1.54, 1.807) is 48.5 Å². The van der Waals surface area contributed by atoms with Crippen molar-refractivity contribution in [2.45, 2.75) is 24.2 Å². The minimum absolute atomic E-state index is 0.364. The second kappa shape index (κ2) is 10.1. The number of hydrazine groups is 1. The van der Waals surface area contributed by atoms with Gasteiger partial charge < -0.3 is 9.47 Å². The summed E-state index contributed by atoms with van der Waals surface area (Å²) < 4.78 is 11.1. The van der Waals surface area contributed by atoms with Gasteiger partial charge in [-0.1, -0.05) is 36.4 Å². The van der Waals surface area contributed by atoms with Gasteiger partial charge in [0.1, 0.15) is 23.6 Å². The summed E-state index contributed by atoms with van der Waals surface area (Å²) in [6.45, 7) is 0. The Labute approximate surface area is 260 Å². The van der Waals surface area contributed by atoms with Crippen LogP contribution in [0.3, 0.4) is 0 Å². The van der Waals surface area contributed by atoms with Crippen LogP contribution in [0.15, 0.2) is 83.6 Å². The Morgan fingerprint density at radius 1 is 0.523 bits per heavy atom. The summed E-state index contributed by atoms with van der Waals surface area (Å²) in [6.07, 6.45) is 0. The molecule has 8 rings (SSSR count). The highest BCUT2D eigenvalue weighted by molar-refractivity contribution is 7.10. The number of nitrogens with zero attached hydrogens (tertiary/aromatic N) is 4. The molecule has 222 valence electrons. The number of benzene rings is 2. The highest BCUT2D eigenvalue weighted by atomic mass is 32.1. The largest absolute Gasteiger partial charge is 0.495 e. The summed E-state index contributed by atoms with van der Waals surface area (Å²) in [7, 11) is 3.00. The molecule has 0 N–H and O–H groups in total. The number of hydrogen-bond donors (Lipinski definition) is 0. The fourth-order valence-corrected chi connectivity index (χ4v) is 9.15. The summed E-state index contributed by atoms with van der Waals surface area (Å²) in [5, 5.41) is 7.58. The average molecular weight is 627 g/mol. The lowest BCUT2D eigenvalue weighted by Crippen LogP contribution is -2.50. The second-order valence-electron chi connectivity index (χ2n) is 11.0. The van der Waals surface area contributed by atoms with E-state index in [0.717, 1.165) is 9.75 Å². The molecule has 4 aliphatic rings. The number of thiophene rings is 2. The number of fused-ring (bicyclic) bond motifs is 5. The van der Waals surface area contributed by atoms with Crippen LogP contribution < -0.4 is 19.3 Å². The van der Waals surface area contributed by atoms with Crippen molar-refractivity contribution in [3.8, 4) is 11.5 Å². The first-order valence-electron chi connectivity index (χ1n) is 14.1. The Bertz CT molecular complexity index is 1680. The molecule has 4 aliphatic heterocycles. The van der Waals surface area contributed by atoms with E-state index in [4.69, 9.17) is 9.47 Å². The molecule has 2 aromatic carbocycles. The molecule has 0 saturated carbocycles. The standard InChI is InChI=1S/C32H26N4O6S2/c1-41-19-11-5-3-9-17(19)33-29(37)23-25(21-13-7-15-43-21)36-28-24(26(22-14-8-16-44-22)35(36)27(23)31(33)39)30(38)34(32(28)40)18-10-4-6-12-20(18)42-2/h3-16,23-28H,1-2H3/t23-,24-,25+,26+,27+,28+/m0/s1. The molecule has 6 atom stereocenters. The molecule has 4 aromatic rings. The maximum Gasteiger partial charge on any atom is 0.253 e. The molecule has 0 radical (unpaired) electrons. The smallest absolute Gasteiger partial charge is 0.253 e. The number of methoxy groups -OCH3 is 2. The van der Waals surface area contributed by atoms with Gasteiger partial charge in [-0.05, 0) is 47.2 Å². The van der Waals surface area contributed by atoms with Crippen LogP contribution in [0.1, 0.15) is 21.8 Å². The molecule has 0 spiro atoms. The fraction of sp³-hybridized carbons (Fsp3) is 0.250. The van der Waals surface area contributed by atoms with E-state index in [2.05, 4.69) is 0 Å². The summed E-state index contributed by atoms with van der Waals surface area (Å²) in [4.78, 5) is 61.9. The molecular weight excluding hydrogens is 601 g/mol. The van der Waals surface area contributed by atoms with Gasteiger partial charge in [0.25, 0.3) is 11.8 Å². The van der Waals surface area contributed by atoms with Crippen molar-refractivity contribution in [2.24, 2.45) is 11.8 Å². The predicted molar refractivity (Wildman–Crippen MR) is 163 cm³/mol. The highest BCUT2D eigenvalue weighted by Gasteiger charge is 2.74. The third-order valence-electron chi connectivity index (χ3n) is 9.05. The van der Waals surface area contributed by atoms with Crippen molar-refractivity contribution in [3.05, 3.63) is 93.3 Å². The van der Waals surface area contributed by atoms with E-state index >= 15 is 0 Å². The Morgan fingerprint density at radius 3 is 1.30 bits per heavy atom. The van der Waals surface area contributed by atoms with E-state index < -0.39 is 47.8 Å². The molecule has 0 aliphatic carbocycles. The average Bonchev–Trinajstić information content (AvgIpc) is 3.88. The molecule has 0 bridgehead atoms. The zero-order valence-electron chi connectivity index (χ0n) is 23.6. The lowest BCUT2D eigenvalue weighted by atomic mass is 9.88. The van der Waals surface area contributed by atoms with Crippen molar-refractivity contribution >= 4 is 57.7 Å². The monoisotopic (exact) mass is 626 g/mol. The minimum atomic E-state index is -0.919. The molecule has 2 aromatic heterocycles. The van der Waals surface area contributed by atoms with Crippen LogP contribution in [0.25, 0.3) is 0 Å². The van der Waals surface area contributed by atoms with Crippen LogP contribution in [0.2, 0.25) is 0 Å². The Kier molecular flexibility index (Phi) is 6.24. The molecule has 4 fully saturated rings. The quantitative estimate of drug-likeness (QED) is 0.293. The molecule has 0 unspecified atom stereocenters. The number of ether oxygens (including phenoxy) is 2. The number of rotatable bonds is 6. The molecule has 44 heavy (non-hydrogen) atoms. The summed E-state index contributed by atoms with van der Waals surface area (Å²) >= 11 is 2.92. The molecule has 10 nitrogen and oxygen atoms in total. The first-order valence-corrected chi connectivity index (χ1v) is 15.9. The summed E-state index contributed by atoms with van der Waals surface area (Å²) in [5.41, 5.74) is 0.745. The van der Waals surface area contributed by atoms with Crippen molar-refractivity contribution < 1.29 is 28.7 Å². The lowest BCUT2D eigenvalue weighted by molar-refractivity contribution is -0.135. The van der Waals surface area contributed by atoms with Gasteiger partial charge in [-0.3, -0.25) is 19.2 Å². The summed E-state index contributed by atoms with van der Waals surface area (Å²) in [6, 6.07) is 18.4. The third kappa shape index (κ3) is 3.53. The number of amides is 4. The van der Waals surface area contributed by atoms with E-state index in [1.165, 1.54) is 46.7 Å². The maximum absolute atomic E-state index is 14.5. The fourth-order valence-electron chi connectivity index (χ4n) is 7.42. The van der Waals surface area contributed by atoms with Crippen LogP contribution in [0.4, 0.5) is 11.4 Å². The molecule has 4 saturated heterocycles. The van der Waals surface area contributed by atoms with E-state index in [-0.39, 0.29) is 11.8 Å². The van der Waals surface area contributed by atoms with Gasteiger partial charge in [0.2, 0.25) is 11.8 Å². The van der Waals surface area contributed by atoms with Gasteiger partial charge in [-0.15, -0.1) is 22.7 Å². The lowest BCUT2D eigenvalue weighted by Gasteiger charge is -2.35. The Morgan fingerprint density at radius 2 is 0.932 bits per heavy atom. The molecular formula is C32H26N4O6S2. The number of imide groups is 2. The predicted octanol–water partition coefficient (Wildman–Crippen LogP) is 4.27. The maximum atomic E-state index is 14.5. The van der Waals surface area contributed by atoms with E-state index in [1.807, 2.05) is 45.0 Å². The van der Waals surface area contributed by atoms with Gasteiger partial charge in [0, 0.05) is 9.75 Å². The van der Waals surface area contributed by atoms with Gasteiger partial charge in [-0.2, -0.15) is 0 Å². The first-order chi connectivity index (χ1) is 21.5. The van der Waals surface area contributed by atoms with Crippen molar-refractivity contribution in [3.63, 3.8) is 0 Å². The van der Waals surface area contributed by atoms with Crippen LogP contribution in [-0.4, -0.2) is 59.9 Å². The number of anilines is 2. The van der Waals surface area contributed by atoms with Crippen LogP contribution in [0, 0.1) is 11.8 Å². The van der Waals surface area contributed by atoms with Crippen molar-refractivity contribution in [1.29, 1.82) is 0 Å². The van der Waals surface area contributed by atoms with Crippen molar-refractivity contribution in [1.82, 2.24) is 10.0 Å². The van der Waals surface area contributed by atoms with E-state index in [9.17, 15) is 19.2 Å². The normalized spacial score (nSPS) is 28.1. The number of carbonyl (C=O) groups is 4. The van der Waals surface area contributed by atoms with E-state index in [0.29, 0.717) is 22.9 Å². The van der Waals surface area contributed by atoms with Gasteiger partial charge in [0.15, 0.2) is 0 Å². The highest BCUT2D eigenvalue weighted by Crippen LogP contribution is 2.61. The Hall–Kier alpha value is -4.36. The number of para-hydroxylation sites is 4. The summed E-state index contributed by atoms with van der Waals surface area (Å²) in [5.74, 6) is -2.34. The van der Waals surface area contributed by atoms with Crippen LogP contribution in [-0.2, 0) is 19.2 Å². The van der Waals surface area contributed by atoms with Crippen molar-refractivity contribution in [2.75, 3.05) is 24.0 Å². The van der Waals surface area contributed by atoms with Gasteiger partial charge >= 0.3 is 0 Å². The van der Waals surface area contributed by atoms with Crippen LogP contribution >= 0.6 is 22.7 Å². The third-order valence-corrected chi connectivity index (χ3v) is 10.9. The molecule has 12 heteroatoms. The number of carbonyl (C=O) groups excluding carboxylic acids is 4. The number of hydrogen-bond acceptors (Lipinski definition) is 10. The molecule has 6 heterocycles. The SMILES string of the molecule is COc1ccccc1N1C(=O)[C@H]2[C@@H](c3cccs3)N3[C@H]4C(=O)N(c5ccccc5OC)C(=O)[C@H]4[C@@H](c4cccs4)N3[C@H]2C1=O. The zero-order valence-corrected chi connectivity index (χ0v) is 25.2. The Balaban J connectivity index is 1.31. The van der Waals surface area contributed by atoms with Crippen LogP contribution in [0.5, 0.6) is 11.5 Å². The second-order valence-corrected chi connectivity index (χ2v) is 12.9. The topological polar surface area (TPSA) is 99.7 Å².